The molecule has 4 aliphatic rings. The topological polar surface area (TPSA) is 105 Å². The molecule has 154 valence electrons. The quantitative estimate of drug-likeness (QED) is 0.660. The lowest BCUT2D eigenvalue weighted by atomic mass is 10.0. The third-order valence-electron chi connectivity index (χ3n) is 7.24. The van der Waals surface area contributed by atoms with E-state index in [2.05, 4.69) is 16.7 Å². The summed E-state index contributed by atoms with van der Waals surface area (Å²) in [6.45, 7) is 1.18. The van der Waals surface area contributed by atoms with Gasteiger partial charge >= 0.3 is 0 Å². The number of hydrogen-bond acceptors (Lipinski definition) is 5. The number of piperidine rings is 1. The average Bonchev–Trinajstić information content (AvgIpc) is 3.31. The first-order valence-corrected chi connectivity index (χ1v) is 10.7. The van der Waals surface area contributed by atoms with Crippen molar-refractivity contribution in [2.75, 3.05) is 0 Å². The first kappa shape index (κ1) is 18.8. The van der Waals surface area contributed by atoms with Gasteiger partial charge in [0.25, 0.3) is 5.91 Å². The van der Waals surface area contributed by atoms with E-state index in [-0.39, 0.29) is 24.1 Å². The van der Waals surface area contributed by atoms with Crippen LogP contribution in [0.1, 0.15) is 60.0 Å². The highest BCUT2D eigenvalue weighted by atomic mass is 16.2. The van der Waals surface area contributed by atoms with Crippen molar-refractivity contribution >= 4 is 17.7 Å². The van der Waals surface area contributed by atoms with Crippen LogP contribution in [0.3, 0.4) is 0 Å². The molecule has 0 bridgehead atoms. The number of imide groups is 1. The van der Waals surface area contributed by atoms with Crippen LogP contribution in [0.25, 0.3) is 0 Å². The van der Waals surface area contributed by atoms with Crippen LogP contribution < -0.4 is 16.4 Å². The minimum absolute atomic E-state index is 0.110. The molecule has 1 aromatic rings. The Balaban J connectivity index is 1.22. The molecule has 1 aromatic carbocycles. The van der Waals surface area contributed by atoms with Crippen molar-refractivity contribution in [1.82, 2.24) is 15.5 Å². The molecule has 7 heteroatoms. The molecular formula is C22H28N4O3. The predicted molar refractivity (Wildman–Crippen MR) is 107 cm³/mol. The fourth-order valence-corrected chi connectivity index (χ4v) is 5.80. The van der Waals surface area contributed by atoms with E-state index in [1.807, 2.05) is 12.1 Å². The number of nitrogens with one attached hydrogen (secondary N) is 2. The minimum atomic E-state index is -0.557. The molecule has 4 N–H and O–H groups in total. The van der Waals surface area contributed by atoms with Crippen LogP contribution in [0.15, 0.2) is 18.2 Å². The van der Waals surface area contributed by atoms with E-state index < -0.39 is 6.04 Å². The number of benzene rings is 1. The zero-order valence-corrected chi connectivity index (χ0v) is 16.5. The van der Waals surface area contributed by atoms with Gasteiger partial charge in [-0.15, -0.1) is 0 Å². The van der Waals surface area contributed by atoms with E-state index in [4.69, 9.17) is 5.73 Å². The Morgan fingerprint density at radius 2 is 1.86 bits per heavy atom. The molecule has 3 fully saturated rings. The van der Waals surface area contributed by atoms with Crippen molar-refractivity contribution in [3.05, 3.63) is 34.9 Å². The summed E-state index contributed by atoms with van der Waals surface area (Å²) in [6, 6.07) is 6.39. The van der Waals surface area contributed by atoms with E-state index in [1.54, 1.807) is 4.90 Å². The van der Waals surface area contributed by atoms with Gasteiger partial charge in [0.1, 0.15) is 6.04 Å². The maximum absolute atomic E-state index is 12.9. The smallest absolute Gasteiger partial charge is 0.255 e. The molecule has 3 amide bonds. The van der Waals surface area contributed by atoms with Crippen molar-refractivity contribution in [2.45, 2.75) is 69.7 Å². The largest absolute Gasteiger partial charge is 0.328 e. The normalized spacial score (nSPS) is 33.8. The monoisotopic (exact) mass is 396 g/mol. The summed E-state index contributed by atoms with van der Waals surface area (Å²) in [4.78, 5) is 38.1. The minimum Gasteiger partial charge on any atom is -0.328 e. The number of nitrogens with two attached hydrogens (primary N) is 1. The third kappa shape index (κ3) is 3.46. The van der Waals surface area contributed by atoms with Gasteiger partial charge in [0, 0.05) is 37.2 Å². The average molecular weight is 396 g/mol. The molecule has 2 heterocycles. The number of hydrogen-bond donors (Lipinski definition) is 3. The van der Waals surface area contributed by atoms with Crippen molar-refractivity contribution in [1.29, 1.82) is 0 Å². The Kier molecular flexibility index (Phi) is 4.67. The van der Waals surface area contributed by atoms with Crippen LogP contribution in [0.5, 0.6) is 0 Å². The van der Waals surface area contributed by atoms with Gasteiger partial charge in [-0.25, -0.2) is 0 Å². The first-order valence-electron chi connectivity index (χ1n) is 10.7. The highest BCUT2D eigenvalue weighted by Gasteiger charge is 2.41. The van der Waals surface area contributed by atoms with Crippen LogP contribution in [0, 0.1) is 11.8 Å². The molecule has 0 spiro atoms. The molecule has 0 radical (unpaired) electrons. The number of carbonyl (C=O) groups is 3. The molecule has 29 heavy (non-hydrogen) atoms. The van der Waals surface area contributed by atoms with Crippen LogP contribution in [-0.2, 0) is 22.7 Å². The highest BCUT2D eigenvalue weighted by molar-refractivity contribution is 6.05. The van der Waals surface area contributed by atoms with Crippen LogP contribution in [0.2, 0.25) is 0 Å². The Morgan fingerprint density at radius 1 is 1.10 bits per heavy atom. The fraction of sp³-hybridized carbons (Fsp3) is 0.591. The number of fused-ring (bicyclic) bond motifs is 2. The van der Waals surface area contributed by atoms with Gasteiger partial charge in [0.05, 0.1) is 0 Å². The van der Waals surface area contributed by atoms with Gasteiger partial charge in [-0.1, -0.05) is 12.1 Å². The van der Waals surface area contributed by atoms with Gasteiger partial charge in [-0.2, -0.15) is 0 Å². The summed E-state index contributed by atoms with van der Waals surface area (Å²) >= 11 is 0. The molecule has 5 rings (SSSR count). The van der Waals surface area contributed by atoms with E-state index in [0.29, 0.717) is 30.6 Å². The summed E-state index contributed by atoms with van der Waals surface area (Å²) in [5.41, 5.74) is 8.81. The van der Waals surface area contributed by atoms with Gasteiger partial charge in [0.2, 0.25) is 11.8 Å². The van der Waals surface area contributed by atoms with Gasteiger partial charge in [-0.05, 0) is 61.1 Å². The summed E-state index contributed by atoms with van der Waals surface area (Å²) in [6.07, 6.45) is 5.39. The molecule has 2 saturated carbocycles. The summed E-state index contributed by atoms with van der Waals surface area (Å²) in [5, 5.41) is 6.01. The Bertz CT molecular complexity index is 856. The van der Waals surface area contributed by atoms with E-state index in [9.17, 15) is 14.4 Å². The number of carbonyl (C=O) groups excluding carboxylic acids is 3. The van der Waals surface area contributed by atoms with Crippen LogP contribution >= 0.6 is 0 Å². The Labute approximate surface area is 170 Å². The molecule has 1 saturated heterocycles. The molecule has 5 atom stereocenters. The standard InChI is InChI=1S/C22H28N4O3/c23-16-6-14-8-17(9-15(14)7-16)24-10-12-1-2-13-11-26(22(29)18(13)5-12)19-3-4-20(27)25-21(19)28/h1-2,5,14-17,19,24H,3-4,6-11,23H2,(H,25,27,28)/t14-,15+,16?,17?,19?. The number of rotatable bonds is 4. The highest BCUT2D eigenvalue weighted by Crippen LogP contribution is 2.43. The lowest BCUT2D eigenvalue weighted by Crippen LogP contribution is -2.52. The molecule has 2 aliphatic heterocycles. The van der Waals surface area contributed by atoms with E-state index in [1.165, 1.54) is 12.8 Å². The van der Waals surface area contributed by atoms with E-state index in [0.717, 1.165) is 42.3 Å². The Hall–Kier alpha value is -2.25. The van der Waals surface area contributed by atoms with Gasteiger partial charge < -0.3 is 16.0 Å². The summed E-state index contributed by atoms with van der Waals surface area (Å²) < 4.78 is 0. The molecule has 7 nitrogen and oxygen atoms in total. The van der Waals surface area contributed by atoms with Crippen molar-refractivity contribution in [3.8, 4) is 0 Å². The molecule has 3 unspecified atom stereocenters. The molecule has 0 aromatic heterocycles. The van der Waals surface area contributed by atoms with E-state index >= 15 is 0 Å². The lowest BCUT2D eigenvalue weighted by molar-refractivity contribution is -0.136. The zero-order chi connectivity index (χ0) is 20.1. The summed E-state index contributed by atoms with van der Waals surface area (Å²) in [7, 11) is 0. The van der Waals surface area contributed by atoms with Gasteiger partial charge in [0.15, 0.2) is 0 Å². The second-order valence-corrected chi connectivity index (χ2v) is 9.19. The number of amides is 3. The zero-order valence-electron chi connectivity index (χ0n) is 16.5. The summed E-state index contributed by atoms with van der Waals surface area (Å²) in [5.74, 6) is 0.802. The second-order valence-electron chi connectivity index (χ2n) is 9.19. The Morgan fingerprint density at radius 3 is 2.59 bits per heavy atom. The second kappa shape index (κ2) is 7.22. The maximum Gasteiger partial charge on any atom is 0.255 e. The van der Waals surface area contributed by atoms with Crippen molar-refractivity contribution in [2.24, 2.45) is 17.6 Å². The van der Waals surface area contributed by atoms with Crippen LogP contribution in [0.4, 0.5) is 0 Å². The fourth-order valence-electron chi connectivity index (χ4n) is 5.80. The first-order chi connectivity index (χ1) is 14.0. The lowest BCUT2D eigenvalue weighted by Gasteiger charge is -2.29. The predicted octanol–water partition coefficient (Wildman–Crippen LogP) is 1.05. The third-order valence-corrected chi connectivity index (χ3v) is 7.24. The maximum atomic E-state index is 12.9. The number of nitrogens with zero attached hydrogens (tertiary/aromatic N) is 1. The molecule has 2 aliphatic carbocycles. The SMILES string of the molecule is NC1C[C@@H]2CC(NCc3ccc4c(c3)C(=O)N(C3CCC(=O)NC3=O)C4)C[C@@H]2C1. The molecular weight excluding hydrogens is 368 g/mol. The van der Waals surface area contributed by atoms with Crippen molar-refractivity contribution in [3.63, 3.8) is 0 Å². The van der Waals surface area contributed by atoms with Gasteiger partial charge in [-0.3, -0.25) is 19.7 Å². The van der Waals surface area contributed by atoms with Crippen LogP contribution in [-0.4, -0.2) is 40.7 Å². The van der Waals surface area contributed by atoms with Crippen molar-refractivity contribution < 1.29 is 14.4 Å².